The maximum Gasteiger partial charge on any atom is 0.407 e. The minimum Gasteiger partial charge on any atom is -0.460 e. The second-order valence-electron chi connectivity index (χ2n) is 10.2. The molecule has 0 aliphatic heterocycles. The molecule has 1 saturated carbocycles. The van der Waals surface area contributed by atoms with Gasteiger partial charge in [0.1, 0.15) is 18.8 Å². The Hall–Kier alpha value is -3.35. The smallest absolute Gasteiger partial charge is 0.407 e. The molecule has 0 unspecified atom stereocenters. The Morgan fingerprint density at radius 1 is 0.806 bits per heavy atom. The van der Waals surface area contributed by atoms with Gasteiger partial charge >= 0.3 is 18.0 Å². The van der Waals surface area contributed by atoms with Crippen molar-refractivity contribution in [1.82, 2.24) is 5.32 Å². The van der Waals surface area contributed by atoms with Crippen LogP contribution in [0.4, 0.5) is 4.79 Å². The van der Waals surface area contributed by atoms with Crippen LogP contribution in [0.15, 0.2) is 60.7 Å². The average molecular weight is 496 g/mol. The molecule has 0 aromatic heterocycles. The van der Waals surface area contributed by atoms with Gasteiger partial charge in [0, 0.05) is 0 Å². The minimum atomic E-state index is -1.31. The summed E-state index contributed by atoms with van der Waals surface area (Å²) in [4.78, 5) is 39.6. The summed E-state index contributed by atoms with van der Waals surface area (Å²) in [5, 5.41) is 2.84. The number of benzene rings is 2. The number of hydrogen-bond donors (Lipinski definition) is 1. The van der Waals surface area contributed by atoms with Gasteiger partial charge in [0.15, 0.2) is 5.92 Å². The number of carbonyl (C=O) groups is 3. The van der Waals surface area contributed by atoms with Gasteiger partial charge < -0.3 is 19.5 Å². The Balaban J connectivity index is 1.83. The standard InChI is InChI=1S/C29H37NO6/c1-29(2,3)36-28(33)30-25(23-17-11-6-12-18-23)24(26(31)34-19-21-13-7-4-8-14-21)27(32)35-20-22-15-9-5-10-16-22/h4-5,7-10,13-16,23-25H,6,11-12,17-20H2,1-3H3,(H,30,33)/t25-/m1/s1. The van der Waals surface area contributed by atoms with E-state index in [9.17, 15) is 14.4 Å². The molecular formula is C29H37NO6. The number of hydrogen-bond acceptors (Lipinski definition) is 6. The number of ether oxygens (including phenoxy) is 3. The van der Waals surface area contributed by atoms with Crippen molar-refractivity contribution < 1.29 is 28.6 Å². The van der Waals surface area contributed by atoms with Gasteiger partial charge in [-0.3, -0.25) is 9.59 Å². The van der Waals surface area contributed by atoms with E-state index in [4.69, 9.17) is 14.2 Å². The predicted octanol–water partition coefficient (Wildman–Crippen LogP) is 5.56. The van der Waals surface area contributed by atoms with Crippen molar-refractivity contribution in [2.75, 3.05) is 0 Å². The third-order valence-electron chi connectivity index (χ3n) is 6.16. The summed E-state index contributed by atoms with van der Waals surface area (Å²) in [7, 11) is 0. The monoisotopic (exact) mass is 495 g/mol. The molecule has 36 heavy (non-hydrogen) atoms. The molecule has 0 radical (unpaired) electrons. The van der Waals surface area contributed by atoms with E-state index in [0.717, 1.165) is 43.2 Å². The summed E-state index contributed by atoms with van der Waals surface area (Å²) in [5.74, 6) is -2.83. The molecule has 3 rings (SSSR count). The molecule has 1 atom stereocenters. The highest BCUT2D eigenvalue weighted by Gasteiger charge is 2.43. The van der Waals surface area contributed by atoms with E-state index in [-0.39, 0.29) is 19.1 Å². The maximum atomic E-state index is 13.4. The maximum absolute atomic E-state index is 13.4. The number of carbonyl (C=O) groups excluding carboxylic acids is 3. The molecule has 0 spiro atoms. The van der Waals surface area contributed by atoms with E-state index in [0.29, 0.717) is 0 Å². The van der Waals surface area contributed by atoms with Crippen LogP contribution in [-0.2, 0) is 37.0 Å². The highest BCUT2D eigenvalue weighted by Crippen LogP contribution is 2.31. The summed E-state index contributed by atoms with van der Waals surface area (Å²) in [6.07, 6.45) is 3.90. The van der Waals surface area contributed by atoms with Gasteiger partial charge in [-0.2, -0.15) is 0 Å². The Labute approximate surface area is 213 Å². The molecule has 0 bridgehead atoms. The molecule has 7 nitrogen and oxygen atoms in total. The SMILES string of the molecule is CC(C)(C)OC(=O)N[C@H](C1CCCCC1)C(C(=O)OCc1ccccc1)C(=O)OCc1ccccc1. The molecule has 1 N–H and O–H groups in total. The molecule has 2 aromatic rings. The molecule has 1 fully saturated rings. The van der Waals surface area contributed by atoms with Crippen molar-refractivity contribution in [2.45, 2.75) is 77.7 Å². The fourth-order valence-electron chi connectivity index (χ4n) is 4.44. The van der Waals surface area contributed by atoms with Crippen LogP contribution in [0, 0.1) is 11.8 Å². The van der Waals surface area contributed by atoms with E-state index in [1.165, 1.54) is 0 Å². The normalized spacial score (nSPS) is 15.1. The number of esters is 2. The molecule has 1 amide bonds. The largest absolute Gasteiger partial charge is 0.460 e. The van der Waals surface area contributed by atoms with Crippen LogP contribution in [0.2, 0.25) is 0 Å². The summed E-state index contributed by atoms with van der Waals surface area (Å²) >= 11 is 0. The molecule has 0 heterocycles. The Morgan fingerprint density at radius 3 is 1.72 bits per heavy atom. The van der Waals surface area contributed by atoms with Crippen LogP contribution in [0.5, 0.6) is 0 Å². The first-order chi connectivity index (χ1) is 17.2. The minimum absolute atomic E-state index is 0.0198. The first-order valence-corrected chi connectivity index (χ1v) is 12.6. The van der Waals surface area contributed by atoms with Gasteiger partial charge in [0.2, 0.25) is 0 Å². The van der Waals surface area contributed by atoms with Gasteiger partial charge in [-0.25, -0.2) is 4.79 Å². The van der Waals surface area contributed by atoms with Crippen molar-refractivity contribution in [3.05, 3.63) is 71.8 Å². The van der Waals surface area contributed by atoms with Crippen molar-refractivity contribution in [3.63, 3.8) is 0 Å². The lowest BCUT2D eigenvalue weighted by molar-refractivity contribution is -0.166. The fourth-order valence-corrected chi connectivity index (χ4v) is 4.44. The average Bonchev–Trinajstić information content (AvgIpc) is 2.86. The Kier molecular flexibility index (Phi) is 9.91. The molecule has 0 saturated heterocycles. The summed E-state index contributed by atoms with van der Waals surface area (Å²) in [6.45, 7) is 5.34. The van der Waals surface area contributed by atoms with Crippen molar-refractivity contribution in [1.29, 1.82) is 0 Å². The van der Waals surface area contributed by atoms with Gasteiger partial charge in [-0.05, 0) is 50.7 Å². The van der Waals surface area contributed by atoms with Crippen LogP contribution in [0.25, 0.3) is 0 Å². The molecule has 194 valence electrons. The zero-order valence-corrected chi connectivity index (χ0v) is 21.4. The van der Waals surface area contributed by atoms with E-state index >= 15 is 0 Å². The van der Waals surface area contributed by atoms with Crippen LogP contribution < -0.4 is 5.32 Å². The van der Waals surface area contributed by atoms with Crippen molar-refractivity contribution in [2.24, 2.45) is 11.8 Å². The van der Waals surface area contributed by atoms with Gasteiger partial charge in [0.25, 0.3) is 0 Å². The van der Waals surface area contributed by atoms with E-state index in [1.54, 1.807) is 20.8 Å². The number of nitrogens with one attached hydrogen (secondary N) is 1. The second-order valence-corrected chi connectivity index (χ2v) is 10.2. The topological polar surface area (TPSA) is 90.9 Å². The molecule has 7 heteroatoms. The number of amides is 1. The summed E-state index contributed by atoms with van der Waals surface area (Å²) in [5.41, 5.74) is 0.881. The highest BCUT2D eigenvalue weighted by atomic mass is 16.6. The van der Waals surface area contributed by atoms with E-state index < -0.39 is 35.6 Å². The van der Waals surface area contributed by atoms with Gasteiger partial charge in [0.05, 0.1) is 6.04 Å². The van der Waals surface area contributed by atoms with Gasteiger partial charge in [-0.15, -0.1) is 0 Å². The summed E-state index contributed by atoms with van der Waals surface area (Å²) in [6, 6.07) is 17.7. The molecular weight excluding hydrogens is 458 g/mol. The lowest BCUT2D eigenvalue weighted by Gasteiger charge is -2.34. The third kappa shape index (κ3) is 8.70. The predicted molar refractivity (Wildman–Crippen MR) is 136 cm³/mol. The first-order valence-electron chi connectivity index (χ1n) is 12.6. The first kappa shape index (κ1) is 27.2. The van der Waals surface area contributed by atoms with Crippen LogP contribution >= 0.6 is 0 Å². The van der Waals surface area contributed by atoms with E-state index in [1.807, 2.05) is 60.7 Å². The van der Waals surface area contributed by atoms with Crippen molar-refractivity contribution >= 4 is 18.0 Å². The Morgan fingerprint density at radius 2 is 1.28 bits per heavy atom. The highest BCUT2D eigenvalue weighted by molar-refractivity contribution is 5.96. The van der Waals surface area contributed by atoms with Crippen LogP contribution in [0.1, 0.15) is 64.0 Å². The number of alkyl carbamates (subject to hydrolysis) is 1. The molecule has 2 aromatic carbocycles. The fraction of sp³-hybridized carbons (Fsp3) is 0.483. The third-order valence-corrected chi connectivity index (χ3v) is 6.16. The van der Waals surface area contributed by atoms with E-state index in [2.05, 4.69) is 5.32 Å². The lowest BCUT2D eigenvalue weighted by Crippen LogP contribution is -2.53. The van der Waals surface area contributed by atoms with Crippen LogP contribution in [-0.4, -0.2) is 29.7 Å². The lowest BCUT2D eigenvalue weighted by atomic mass is 9.78. The number of rotatable bonds is 9. The van der Waals surface area contributed by atoms with Crippen molar-refractivity contribution in [3.8, 4) is 0 Å². The summed E-state index contributed by atoms with van der Waals surface area (Å²) < 4.78 is 16.6. The molecule has 1 aliphatic carbocycles. The second kappa shape index (κ2) is 13.1. The zero-order valence-electron chi connectivity index (χ0n) is 21.4. The quantitative estimate of drug-likeness (QED) is 0.278. The molecule has 1 aliphatic rings. The Bertz CT molecular complexity index is 924. The van der Waals surface area contributed by atoms with Crippen LogP contribution in [0.3, 0.4) is 0 Å². The zero-order chi connectivity index (χ0) is 26.0. The van der Waals surface area contributed by atoms with Gasteiger partial charge in [-0.1, -0.05) is 79.9 Å².